The first-order chi connectivity index (χ1) is 9.74. The van der Waals surface area contributed by atoms with Gasteiger partial charge in [0.25, 0.3) is 0 Å². The Labute approximate surface area is 115 Å². The molecule has 2 heterocycles. The van der Waals surface area contributed by atoms with E-state index in [4.69, 9.17) is 9.63 Å². The van der Waals surface area contributed by atoms with Crippen molar-refractivity contribution in [1.82, 2.24) is 9.72 Å². The van der Waals surface area contributed by atoms with Gasteiger partial charge >= 0.3 is 5.97 Å². The lowest BCUT2D eigenvalue weighted by atomic mass is 10.1. The van der Waals surface area contributed by atoms with Gasteiger partial charge in [-0.2, -0.15) is 0 Å². The Kier molecular flexibility index (Phi) is 3.25. The molecule has 0 saturated heterocycles. The van der Waals surface area contributed by atoms with Gasteiger partial charge in [-0.1, -0.05) is 23.4 Å². The average molecular weight is 270 g/mol. The number of aliphatic carboxylic acids is 1. The quantitative estimate of drug-likeness (QED) is 0.774. The Bertz CT molecular complexity index is 729. The Morgan fingerprint density at radius 1 is 1.35 bits per heavy atom. The van der Waals surface area contributed by atoms with Crippen LogP contribution in [0.3, 0.4) is 0 Å². The van der Waals surface area contributed by atoms with Gasteiger partial charge < -0.3 is 14.2 Å². The summed E-state index contributed by atoms with van der Waals surface area (Å²) in [4.78, 5) is 10.7. The highest BCUT2D eigenvalue weighted by Gasteiger charge is 2.10. The second-order valence-corrected chi connectivity index (χ2v) is 4.73. The molecule has 5 nitrogen and oxygen atoms in total. The maximum Gasteiger partial charge on any atom is 0.303 e. The van der Waals surface area contributed by atoms with Crippen LogP contribution in [0, 0.1) is 0 Å². The first kappa shape index (κ1) is 12.5. The van der Waals surface area contributed by atoms with Crippen molar-refractivity contribution >= 4 is 16.9 Å². The first-order valence-corrected chi connectivity index (χ1v) is 6.41. The molecule has 0 amide bonds. The Balaban J connectivity index is 1.97. The maximum atomic E-state index is 10.7. The monoisotopic (exact) mass is 270 g/mol. The summed E-state index contributed by atoms with van der Waals surface area (Å²) in [6.45, 7) is 0.664. The van der Waals surface area contributed by atoms with Crippen molar-refractivity contribution in [2.75, 3.05) is 0 Å². The number of fused-ring (bicyclic) bond motifs is 1. The second-order valence-electron chi connectivity index (χ2n) is 4.73. The summed E-state index contributed by atoms with van der Waals surface area (Å²) >= 11 is 0. The highest BCUT2D eigenvalue weighted by atomic mass is 16.5. The first-order valence-electron chi connectivity index (χ1n) is 6.41. The molecule has 0 aliphatic rings. The molecule has 3 aromatic rings. The van der Waals surface area contributed by atoms with E-state index in [2.05, 4.69) is 9.72 Å². The molecule has 0 unspecified atom stereocenters. The number of carboxylic acid groups (broad SMARTS) is 1. The summed E-state index contributed by atoms with van der Waals surface area (Å²) in [5.74, 6) is -0.777. The lowest BCUT2D eigenvalue weighted by molar-refractivity contribution is -0.136. The van der Waals surface area contributed by atoms with Crippen molar-refractivity contribution < 1.29 is 14.4 Å². The molecule has 0 atom stereocenters. The molecule has 5 heteroatoms. The molecule has 0 saturated carbocycles. The molecule has 0 aliphatic heterocycles. The van der Waals surface area contributed by atoms with Gasteiger partial charge in [-0.05, 0) is 18.1 Å². The van der Waals surface area contributed by atoms with Crippen LogP contribution in [0.2, 0.25) is 0 Å². The summed E-state index contributed by atoms with van der Waals surface area (Å²) in [5.41, 5.74) is 3.13. The number of benzene rings is 1. The average Bonchev–Trinajstić information content (AvgIpc) is 3.06. The predicted octanol–water partition coefficient (Wildman–Crippen LogP) is 2.69. The molecule has 0 bridgehead atoms. The van der Waals surface area contributed by atoms with E-state index in [1.807, 2.05) is 30.5 Å². The number of hydrogen-bond acceptors (Lipinski definition) is 3. The number of aromatic nitrogens is 2. The van der Waals surface area contributed by atoms with Crippen LogP contribution >= 0.6 is 0 Å². The highest BCUT2D eigenvalue weighted by Crippen LogP contribution is 2.23. The molecule has 1 aromatic carbocycles. The molecule has 102 valence electrons. The smallest absolute Gasteiger partial charge is 0.303 e. The number of carboxylic acids is 1. The fraction of sp³-hybridized carbons (Fsp3) is 0.200. The van der Waals surface area contributed by atoms with Crippen molar-refractivity contribution in [2.45, 2.75) is 19.4 Å². The van der Waals surface area contributed by atoms with E-state index in [1.165, 1.54) is 0 Å². The maximum absolute atomic E-state index is 10.7. The van der Waals surface area contributed by atoms with Crippen LogP contribution in [0.5, 0.6) is 0 Å². The minimum Gasteiger partial charge on any atom is -0.481 e. The standard InChI is InChI=1S/C15H14N2O3/c18-15(19)6-5-12-9-17(8-11-7-16-20-10-11)14-4-2-1-3-13(12)14/h1-4,7,9-10H,5-6,8H2,(H,18,19). The SMILES string of the molecule is O=C(O)CCc1cn(Cc2cnoc2)c2ccccc12. The fourth-order valence-electron chi connectivity index (χ4n) is 2.40. The van der Waals surface area contributed by atoms with Gasteiger partial charge in [-0.15, -0.1) is 0 Å². The number of hydrogen-bond donors (Lipinski definition) is 1. The van der Waals surface area contributed by atoms with Crippen LogP contribution < -0.4 is 0 Å². The van der Waals surface area contributed by atoms with Gasteiger partial charge in [0.1, 0.15) is 6.26 Å². The Morgan fingerprint density at radius 2 is 2.20 bits per heavy atom. The molecule has 0 radical (unpaired) electrons. The van der Waals surface area contributed by atoms with Gasteiger partial charge in [0.15, 0.2) is 0 Å². The molecule has 1 N–H and O–H groups in total. The lowest BCUT2D eigenvalue weighted by Crippen LogP contribution is -1.98. The summed E-state index contributed by atoms with van der Waals surface area (Å²) in [7, 11) is 0. The van der Waals surface area contributed by atoms with Crippen LogP contribution in [0.4, 0.5) is 0 Å². The predicted molar refractivity (Wildman–Crippen MR) is 73.5 cm³/mol. The third-order valence-corrected chi connectivity index (χ3v) is 3.32. The van der Waals surface area contributed by atoms with Crippen molar-refractivity contribution in [3.8, 4) is 0 Å². The number of nitrogens with zero attached hydrogens (tertiary/aromatic N) is 2. The molecule has 20 heavy (non-hydrogen) atoms. The second kappa shape index (κ2) is 5.21. The van der Waals surface area contributed by atoms with E-state index >= 15 is 0 Å². The third-order valence-electron chi connectivity index (χ3n) is 3.32. The lowest BCUT2D eigenvalue weighted by Gasteiger charge is -2.01. The van der Waals surface area contributed by atoms with Crippen LogP contribution in [0.15, 0.2) is 47.4 Å². The summed E-state index contributed by atoms with van der Waals surface area (Å²) in [5, 5.41) is 13.6. The molecule has 2 aromatic heterocycles. The van der Waals surface area contributed by atoms with Gasteiger partial charge in [0.05, 0.1) is 12.7 Å². The summed E-state index contributed by atoms with van der Waals surface area (Å²) in [6.07, 6.45) is 5.99. The topological polar surface area (TPSA) is 68.3 Å². The van der Waals surface area contributed by atoms with Crippen LogP contribution in [-0.4, -0.2) is 20.8 Å². The zero-order valence-corrected chi connectivity index (χ0v) is 10.8. The van der Waals surface area contributed by atoms with E-state index in [0.29, 0.717) is 13.0 Å². The number of para-hydroxylation sites is 1. The molecular weight excluding hydrogens is 256 g/mol. The van der Waals surface area contributed by atoms with Crippen LogP contribution in [0.1, 0.15) is 17.5 Å². The normalized spacial score (nSPS) is 11.0. The summed E-state index contributed by atoms with van der Waals surface area (Å²) in [6, 6.07) is 8.01. The zero-order chi connectivity index (χ0) is 13.9. The van der Waals surface area contributed by atoms with Crippen LogP contribution in [0.25, 0.3) is 10.9 Å². The van der Waals surface area contributed by atoms with E-state index in [9.17, 15) is 4.79 Å². The minimum atomic E-state index is -0.777. The summed E-state index contributed by atoms with van der Waals surface area (Å²) < 4.78 is 6.94. The molecule has 0 fully saturated rings. The van der Waals surface area contributed by atoms with Gasteiger partial charge in [-0.3, -0.25) is 4.79 Å². The van der Waals surface area contributed by atoms with E-state index < -0.39 is 5.97 Å². The van der Waals surface area contributed by atoms with E-state index in [0.717, 1.165) is 22.0 Å². The minimum absolute atomic E-state index is 0.140. The molecule has 3 rings (SSSR count). The Morgan fingerprint density at radius 3 is 2.95 bits per heavy atom. The van der Waals surface area contributed by atoms with Crippen molar-refractivity contribution in [2.24, 2.45) is 0 Å². The zero-order valence-electron chi connectivity index (χ0n) is 10.8. The van der Waals surface area contributed by atoms with Gasteiger partial charge in [0.2, 0.25) is 0 Å². The largest absolute Gasteiger partial charge is 0.481 e. The van der Waals surface area contributed by atoms with E-state index in [1.54, 1.807) is 12.5 Å². The van der Waals surface area contributed by atoms with Crippen molar-refractivity contribution in [3.05, 3.63) is 54.0 Å². The highest BCUT2D eigenvalue weighted by molar-refractivity contribution is 5.84. The van der Waals surface area contributed by atoms with Crippen LogP contribution in [-0.2, 0) is 17.8 Å². The number of carbonyl (C=O) groups is 1. The van der Waals surface area contributed by atoms with E-state index in [-0.39, 0.29) is 6.42 Å². The third kappa shape index (κ3) is 2.42. The Hall–Kier alpha value is -2.56. The number of aryl methyl sites for hydroxylation is 1. The van der Waals surface area contributed by atoms with Gasteiger partial charge in [-0.25, -0.2) is 0 Å². The fourth-order valence-corrected chi connectivity index (χ4v) is 2.40. The molecule has 0 spiro atoms. The van der Waals surface area contributed by atoms with Crippen molar-refractivity contribution in [3.63, 3.8) is 0 Å². The number of rotatable bonds is 5. The van der Waals surface area contributed by atoms with Gasteiger partial charge in [0, 0.05) is 29.1 Å². The molecular formula is C15H14N2O3. The van der Waals surface area contributed by atoms with Crippen molar-refractivity contribution in [1.29, 1.82) is 0 Å². The molecule has 0 aliphatic carbocycles.